The number of aromatic nitrogens is 2. The van der Waals surface area contributed by atoms with E-state index in [-0.39, 0.29) is 0 Å². The van der Waals surface area contributed by atoms with Crippen LogP contribution in [0.1, 0.15) is 70.3 Å². The van der Waals surface area contributed by atoms with E-state index in [2.05, 4.69) is 72.6 Å². The second-order valence-corrected chi connectivity index (χ2v) is 6.49. The minimum absolute atomic E-state index is 0.530. The van der Waals surface area contributed by atoms with Gasteiger partial charge in [0.25, 0.3) is 5.82 Å². The number of unbranched alkanes of at least 4 members (excludes halogenated alkanes) is 4. The molecule has 0 atom stereocenters. The Labute approximate surface area is 135 Å². The fourth-order valence-corrected chi connectivity index (χ4v) is 3.03. The molecule has 0 aliphatic rings. The highest BCUT2D eigenvalue weighted by atomic mass is 15.2. The number of nitrogens with zero attached hydrogens (tertiary/aromatic N) is 2. The molecule has 2 nitrogen and oxygen atoms in total. The molecule has 22 heavy (non-hydrogen) atoms. The summed E-state index contributed by atoms with van der Waals surface area (Å²) in [7, 11) is 0. The molecule has 0 bridgehead atoms. The zero-order chi connectivity index (χ0) is 15.8. The van der Waals surface area contributed by atoms with Crippen molar-refractivity contribution in [2.75, 3.05) is 0 Å². The molecule has 0 amide bonds. The normalized spacial score (nSPS) is 11.3. The smallest absolute Gasteiger partial charge is 0.232 e. The van der Waals surface area contributed by atoms with E-state index < -0.39 is 0 Å². The van der Waals surface area contributed by atoms with Crippen LogP contribution in [-0.2, 0) is 13.0 Å². The van der Waals surface area contributed by atoms with Gasteiger partial charge in [-0.2, -0.15) is 0 Å². The van der Waals surface area contributed by atoms with Gasteiger partial charge < -0.3 is 0 Å². The molecule has 2 rings (SSSR count). The third kappa shape index (κ3) is 4.72. The minimum Gasteiger partial charge on any atom is -0.232 e. The predicted octanol–water partition coefficient (Wildman–Crippen LogP) is 4.92. The summed E-state index contributed by atoms with van der Waals surface area (Å²) < 4.78 is 4.86. The Morgan fingerprint density at radius 2 is 1.73 bits per heavy atom. The van der Waals surface area contributed by atoms with Gasteiger partial charge >= 0.3 is 0 Å². The van der Waals surface area contributed by atoms with E-state index in [1.807, 2.05) is 0 Å². The number of rotatable bonds is 9. The Hall–Kier alpha value is -1.57. The minimum atomic E-state index is 0.530. The SMILES string of the molecule is CCCCCCCc1n(C(C)C)cc[n+]1Cc1ccccc1. The van der Waals surface area contributed by atoms with Gasteiger partial charge in [0.1, 0.15) is 18.9 Å². The van der Waals surface area contributed by atoms with E-state index in [4.69, 9.17) is 0 Å². The van der Waals surface area contributed by atoms with Gasteiger partial charge in [-0.05, 0) is 25.8 Å². The second kappa shape index (κ2) is 8.77. The summed E-state index contributed by atoms with van der Waals surface area (Å²) in [5.74, 6) is 1.47. The number of hydrogen-bond acceptors (Lipinski definition) is 0. The lowest BCUT2D eigenvalue weighted by molar-refractivity contribution is -0.695. The van der Waals surface area contributed by atoms with Crippen LogP contribution in [-0.4, -0.2) is 4.57 Å². The Kier molecular flexibility index (Phi) is 6.70. The standard InChI is InChI=1S/C20H31N2/c1-4-5-6-7-11-14-20-21(15-16-22(20)18(2)3)17-19-12-9-8-10-13-19/h8-10,12-13,15-16,18H,4-7,11,14,17H2,1-3H3/q+1. The summed E-state index contributed by atoms with van der Waals surface area (Å²) in [5.41, 5.74) is 1.38. The Morgan fingerprint density at radius 1 is 1.00 bits per heavy atom. The number of hydrogen-bond donors (Lipinski definition) is 0. The first kappa shape index (κ1) is 16.8. The van der Waals surface area contributed by atoms with Gasteiger partial charge in [-0.3, -0.25) is 0 Å². The van der Waals surface area contributed by atoms with Crippen LogP contribution in [0.4, 0.5) is 0 Å². The number of benzene rings is 1. The maximum Gasteiger partial charge on any atom is 0.256 e. The fourth-order valence-electron chi connectivity index (χ4n) is 3.03. The van der Waals surface area contributed by atoms with Crippen molar-refractivity contribution in [3.8, 4) is 0 Å². The quantitative estimate of drug-likeness (QED) is 0.459. The first-order valence-electron chi connectivity index (χ1n) is 8.85. The van der Waals surface area contributed by atoms with Crippen LogP contribution in [0, 0.1) is 0 Å². The van der Waals surface area contributed by atoms with E-state index in [0.29, 0.717) is 6.04 Å². The van der Waals surface area contributed by atoms with E-state index >= 15 is 0 Å². The van der Waals surface area contributed by atoms with Crippen molar-refractivity contribution in [2.45, 2.75) is 71.9 Å². The van der Waals surface area contributed by atoms with Gasteiger partial charge in [0.05, 0.1) is 6.04 Å². The van der Waals surface area contributed by atoms with E-state index in [1.165, 1.54) is 49.9 Å². The van der Waals surface area contributed by atoms with Gasteiger partial charge in [-0.25, -0.2) is 9.13 Å². The average Bonchev–Trinajstić information content (AvgIpc) is 2.91. The topological polar surface area (TPSA) is 8.81 Å². The molecule has 0 saturated carbocycles. The molecule has 1 aromatic carbocycles. The largest absolute Gasteiger partial charge is 0.256 e. The average molecular weight is 299 g/mol. The van der Waals surface area contributed by atoms with Crippen molar-refractivity contribution >= 4 is 0 Å². The van der Waals surface area contributed by atoms with Crippen molar-refractivity contribution in [1.82, 2.24) is 4.57 Å². The Balaban J connectivity index is 2.05. The Morgan fingerprint density at radius 3 is 2.41 bits per heavy atom. The zero-order valence-corrected chi connectivity index (χ0v) is 14.5. The summed E-state index contributed by atoms with van der Waals surface area (Å²) >= 11 is 0. The van der Waals surface area contributed by atoms with E-state index in [9.17, 15) is 0 Å². The lowest BCUT2D eigenvalue weighted by Crippen LogP contribution is -2.38. The first-order chi connectivity index (χ1) is 10.7. The highest BCUT2D eigenvalue weighted by Gasteiger charge is 2.18. The highest BCUT2D eigenvalue weighted by Crippen LogP contribution is 2.12. The maximum absolute atomic E-state index is 2.43. The summed E-state index contributed by atoms with van der Waals surface area (Å²) in [5, 5.41) is 0. The summed E-state index contributed by atoms with van der Waals surface area (Å²) in [6, 6.07) is 11.3. The van der Waals surface area contributed by atoms with Crippen LogP contribution in [0.3, 0.4) is 0 Å². The van der Waals surface area contributed by atoms with Gasteiger partial charge in [0.15, 0.2) is 0 Å². The number of imidazole rings is 1. The molecule has 0 aliphatic carbocycles. The van der Waals surface area contributed by atoms with Gasteiger partial charge in [0.2, 0.25) is 0 Å². The van der Waals surface area contributed by atoms with Crippen molar-refractivity contribution in [3.63, 3.8) is 0 Å². The molecule has 1 aromatic heterocycles. The molecule has 1 heterocycles. The van der Waals surface area contributed by atoms with Crippen LogP contribution in [0.2, 0.25) is 0 Å². The molecule has 0 radical (unpaired) electrons. The van der Waals surface area contributed by atoms with Crippen molar-refractivity contribution in [1.29, 1.82) is 0 Å². The van der Waals surface area contributed by atoms with E-state index in [0.717, 1.165) is 6.54 Å². The molecule has 2 aromatic rings. The predicted molar refractivity (Wildman–Crippen MR) is 93.0 cm³/mol. The summed E-state index contributed by atoms with van der Waals surface area (Å²) in [6.45, 7) is 7.80. The van der Waals surface area contributed by atoms with Crippen LogP contribution in [0.25, 0.3) is 0 Å². The molecular weight excluding hydrogens is 268 g/mol. The second-order valence-electron chi connectivity index (χ2n) is 6.49. The lowest BCUT2D eigenvalue weighted by Gasteiger charge is -2.08. The zero-order valence-electron chi connectivity index (χ0n) is 14.5. The monoisotopic (exact) mass is 299 g/mol. The van der Waals surface area contributed by atoms with Crippen LogP contribution in [0.5, 0.6) is 0 Å². The molecular formula is C20H31N2+. The first-order valence-corrected chi connectivity index (χ1v) is 8.85. The van der Waals surface area contributed by atoms with Crippen LogP contribution in [0.15, 0.2) is 42.7 Å². The van der Waals surface area contributed by atoms with Crippen LogP contribution < -0.4 is 4.57 Å². The molecule has 0 spiro atoms. The molecule has 0 N–H and O–H groups in total. The van der Waals surface area contributed by atoms with Crippen molar-refractivity contribution in [3.05, 3.63) is 54.1 Å². The maximum atomic E-state index is 2.43. The summed E-state index contributed by atoms with van der Waals surface area (Å²) in [6.07, 6.45) is 12.4. The Bertz CT molecular complexity index is 540. The van der Waals surface area contributed by atoms with E-state index in [1.54, 1.807) is 0 Å². The summed E-state index contributed by atoms with van der Waals surface area (Å²) in [4.78, 5) is 0. The van der Waals surface area contributed by atoms with Crippen LogP contribution >= 0.6 is 0 Å². The van der Waals surface area contributed by atoms with Gasteiger partial charge in [-0.15, -0.1) is 0 Å². The molecule has 0 aliphatic heterocycles. The molecule has 0 fully saturated rings. The highest BCUT2D eigenvalue weighted by molar-refractivity contribution is 5.13. The third-order valence-electron chi connectivity index (χ3n) is 4.29. The molecule has 120 valence electrons. The molecule has 0 unspecified atom stereocenters. The van der Waals surface area contributed by atoms with Gasteiger partial charge in [-0.1, -0.05) is 62.9 Å². The molecule has 2 heteroatoms. The lowest BCUT2D eigenvalue weighted by atomic mass is 10.1. The molecule has 0 saturated heterocycles. The van der Waals surface area contributed by atoms with Crippen molar-refractivity contribution in [2.24, 2.45) is 0 Å². The third-order valence-corrected chi connectivity index (χ3v) is 4.29. The van der Waals surface area contributed by atoms with Gasteiger partial charge in [0, 0.05) is 6.42 Å². The van der Waals surface area contributed by atoms with Crippen molar-refractivity contribution < 1.29 is 4.57 Å². The fraction of sp³-hybridized carbons (Fsp3) is 0.550.